The van der Waals surface area contributed by atoms with Crippen LogP contribution in [-0.4, -0.2) is 17.9 Å². The van der Waals surface area contributed by atoms with Crippen molar-refractivity contribution in [2.24, 2.45) is 0 Å². The Labute approximate surface area is 146 Å². The number of aryl methyl sites for hydroxylation is 1. The molecule has 1 atom stereocenters. The summed E-state index contributed by atoms with van der Waals surface area (Å²) < 4.78 is 5.58. The van der Waals surface area contributed by atoms with Crippen molar-refractivity contribution in [3.63, 3.8) is 0 Å². The van der Waals surface area contributed by atoms with E-state index in [0.29, 0.717) is 22.1 Å². The normalized spacial score (nSPS) is 11.5. The molecule has 0 heterocycles. The number of rotatable bonds is 5. The summed E-state index contributed by atoms with van der Waals surface area (Å²) in [5.74, 6) is 0.105. The van der Waals surface area contributed by atoms with Crippen LogP contribution in [0.2, 0.25) is 5.02 Å². The zero-order chi connectivity index (χ0) is 17.7. The second-order valence-electron chi connectivity index (χ2n) is 5.41. The van der Waals surface area contributed by atoms with E-state index in [-0.39, 0.29) is 11.8 Å². The maximum absolute atomic E-state index is 12.3. The third-order valence-electron chi connectivity index (χ3n) is 3.31. The van der Waals surface area contributed by atoms with Crippen LogP contribution in [0.5, 0.6) is 5.75 Å². The van der Waals surface area contributed by atoms with Gasteiger partial charge in [0.15, 0.2) is 6.10 Å². The number of anilines is 2. The highest BCUT2D eigenvalue weighted by atomic mass is 35.5. The molecule has 0 spiro atoms. The average Bonchev–Trinajstić information content (AvgIpc) is 2.52. The van der Waals surface area contributed by atoms with Gasteiger partial charge in [0.1, 0.15) is 5.75 Å². The van der Waals surface area contributed by atoms with Gasteiger partial charge in [-0.1, -0.05) is 17.7 Å². The van der Waals surface area contributed by atoms with Crippen LogP contribution in [0, 0.1) is 6.92 Å². The molecule has 0 radical (unpaired) electrons. The molecule has 6 heteroatoms. The van der Waals surface area contributed by atoms with Crippen LogP contribution in [0.4, 0.5) is 11.4 Å². The van der Waals surface area contributed by atoms with Gasteiger partial charge < -0.3 is 15.4 Å². The number of halogens is 1. The van der Waals surface area contributed by atoms with Crippen LogP contribution in [0.1, 0.15) is 19.4 Å². The van der Waals surface area contributed by atoms with Gasteiger partial charge in [-0.05, 0) is 55.8 Å². The monoisotopic (exact) mass is 346 g/mol. The molecule has 126 valence electrons. The zero-order valence-electron chi connectivity index (χ0n) is 13.7. The highest BCUT2D eigenvalue weighted by Gasteiger charge is 2.15. The van der Waals surface area contributed by atoms with E-state index in [0.717, 1.165) is 5.56 Å². The van der Waals surface area contributed by atoms with Gasteiger partial charge >= 0.3 is 0 Å². The number of carbonyl (C=O) groups is 2. The minimum atomic E-state index is -0.684. The molecule has 24 heavy (non-hydrogen) atoms. The molecule has 0 bridgehead atoms. The van der Waals surface area contributed by atoms with Crippen molar-refractivity contribution in [2.45, 2.75) is 26.9 Å². The standard InChI is InChI=1S/C18H19ClN2O3/c1-11-4-7-15(10-17(11)20-13(3)22)21-18(23)12(2)24-16-8-5-14(19)6-9-16/h4-10,12H,1-3H3,(H,20,22)(H,21,23). The molecular weight excluding hydrogens is 328 g/mol. The van der Waals surface area contributed by atoms with E-state index in [1.807, 2.05) is 13.0 Å². The third kappa shape index (κ3) is 4.99. The number of hydrogen-bond donors (Lipinski definition) is 2. The Morgan fingerprint density at radius 3 is 2.38 bits per heavy atom. The van der Waals surface area contributed by atoms with E-state index in [9.17, 15) is 9.59 Å². The molecule has 0 aliphatic rings. The SMILES string of the molecule is CC(=O)Nc1cc(NC(=O)C(C)Oc2ccc(Cl)cc2)ccc1C. The Bertz CT molecular complexity index is 744. The highest BCUT2D eigenvalue weighted by molar-refractivity contribution is 6.30. The van der Waals surface area contributed by atoms with E-state index < -0.39 is 6.10 Å². The lowest BCUT2D eigenvalue weighted by molar-refractivity contribution is -0.122. The largest absolute Gasteiger partial charge is 0.481 e. The number of hydrogen-bond acceptors (Lipinski definition) is 3. The van der Waals surface area contributed by atoms with E-state index in [2.05, 4.69) is 10.6 Å². The molecule has 1 unspecified atom stereocenters. The molecule has 2 rings (SSSR count). The first-order valence-electron chi connectivity index (χ1n) is 7.46. The Morgan fingerprint density at radius 1 is 1.08 bits per heavy atom. The Balaban J connectivity index is 2.03. The van der Waals surface area contributed by atoms with Crippen molar-refractivity contribution in [1.82, 2.24) is 0 Å². The summed E-state index contributed by atoms with van der Waals surface area (Å²) in [6.45, 7) is 4.97. The molecule has 0 aliphatic carbocycles. The number of carbonyl (C=O) groups excluding carboxylic acids is 2. The molecule has 0 saturated carbocycles. The molecule has 5 nitrogen and oxygen atoms in total. The summed E-state index contributed by atoms with van der Waals surface area (Å²) in [4.78, 5) is 23.5. The molecule has 2 amide bonds. The average molecular weight is 347 g/mol. The van der Waals surface area contributed by atoms with Gasteiger partial charge in [-0.15, -0.1) is 0 Å². The van der Waals surface area contributed by atoms with Crippen LogP contribution in [0.3, 0.4) is 0 Å². The predicted molar refractivity (Wildman–Crippen MR) is 95.7 cm³/mol. The first-order valence-corrected chi connectivity index (χ1v) is 7.84. The van der Waals surface area contributed by atoms with E-state index in [1.54, 1.807) is 43.3 Å². The summed E-state index contributed by atoms with van der Waals surface area (Å²) in [6.07, 6.45) is -0.684. The summed E-state index contributed by atoms with van der Waals surface area (Å²) in [7, 11) is 0. The van der Waals surface area contributed by atoms with Crippen molar-refractivity contribution in [1.29, 1.82) is 0 Å². The quantitative estimate of drug-likeness (QED) is 0.859. The van der Waals surface area contributed by atoms with E-state index >= 15 is 0 Å². The van der Waals surface area contributed by atoms with Gasteiger partial charge in [0, 0.05) is 23.3 Å². The van der Waals surface area contributed by atoms with Gasteiger partial charge in [-0.3, -0.25) is 9.59 Å². The van der Waals surface area contributed by atoms with Gasteiger partial charge in [-0.2, -0.15) is 0 Å². The lowest BCUT2D eigenvalue weighted by Gasteiger charge is -2.16. The molecule has 0 fully saturated rings. The minimum Gasteiger partial charge on any atom is -0.481 e. The van der Waals surface area contributed by atoms with E-state index in [1.165, 1.54) is 6.92 Å². The third-order valence-corrected chi connectivity index (χ3v) is 3.56. The molecule has 2 N–H and O–H groups in total. The topological polar surface area (TPSA) is 67.4 Å². The Hall–Kier alpha value is -2.53. The highest BCUT2D eigenvalue weighted by Crippen LogP contribution is 2.21. The van der Waals surface area contributed by atoms with Gasteiger partial charge in [0.2, 0.25) is 5.91 Å². The molecule has 0 aromatic heterocycles. The van der Waals surface area contributed by atoms with Crippen LogP contribution in [0.15, 0.2) is 42.5 Å². The van der Waals surface area contributed by atoms with Gasteiger partial charge in [0.05, 0.1) is 0 Å². The second kappa shape index (κ2) is 7.84. The molecule has 2 aromatic rings. The van der Waals surface area contributed by atoms with E-state index in [4.69, 9.17) is 16.3 Å². The number of amides is 2. The number of ether oxygens (including phenoxy) is 1. The van der Waals surface area contributed by atoms with Crippen LogP contribution in [-0.2, 0) is 9.59 Å². The molecule has 0 saturated heterocycles. The predicted octanol–water partition coefficient (Wildman–Crippen LogP) is 4.01. The molecular formula is C18H19ClN2O3. The van der Waals surface area contributed by atoms with Crippen LogP contribution >= 0.6 is 11.6 Å². The van der Waals surface area contributed by atoms with Crippen molar-refractivity contribution < 1.29 is 14.3 Å². The Kier molecular flexibility index (Phi) is 5.82. The lowest BCUT2D eigenvalue weighted by atomic mass is 10.1. The minimum absolute atomic E-state index is 0.166. The molecule has 0 aliphatic heterocycles. The fraction of sp³-hybridized carbons (Fsp3) is 0.222. The zero-order valence-corrected chi connectivity index (χ0v) is 14.5. The van der Waals surface area contributed by atoms with Crippen LogP contribution < -0.4 is 15.4 Å². The molecule has 2 aromatic carbocycles. The fourth-order valence-electron chi connectivity index (χ4n) is 2.04. The lowest BCUT2D eigenvalue weighted by Crippen LogP contribution is -2.30. The van der Waals surface area contributed by atoms with Crippen molar-refractivity contribution in [2.75, 3.05) is 10.6 Å². The maximum Gasteiger partial charge on any atom is 0.265 e. The fourth-order valence-corrected chi connectivity index (χ4v) is 2.16. The van der Waals surface area contributed by atoms with Gasteiger partial charge in [-0.25, -0.2) is 0 Å². The maximum atomic E-state index is 12.3. The summed E-state index contributed by atoms with van der Waals surface area (Å²) in [5.41, 5.74) is 2.15. The van der Waals surface area contributed by atoms with Gasteiger partial charge in [0.25, 0.3) is 5.91 Å². The summed E-state index contributed by atoms with van der Waals surface area (Å²) in [5, 5.41) is 6.10. The first-order chi connectivity index (χ1) is 11.3. The van der Waals surface area contributed by atoms with Crippen LogP contribution in [0.25, 0.3) is 0 Å². The summed E-state index contributed by atoms with van der Waals surface area (Å²) in [6, 6.07) is 12.1. The Morgan fingerprint density at radius 2 is 1.75 bits per heavy atom. The number of nitrogens with one attached hydrogen (secondary N) is 2. The van der Waals surface area contributed by atoms with Crippen molar-refractivity contribution >= 4 is 34.8 Å². The first kappa shape index (κ1) is 17.8. The smallest absolute Gasteiger partial charge is 0.265 e. The number of benzene rings is 2. The summed E-state index contributed by atoms with van der Waals surface area (Å²) >= 11 is 5.82. The van der Waals surface area contributed by atoms with Crippen molar-refractivity contribution in [3.05, 3.63) is 53.1 Å². The second-order valence-corrected chi connectivity index (χ2v) is 5.85. The van der Waals surface area contributed by atoms with Crippen molar-refractivity contribution in [3.8, 4) is 5.75 Å².